The third kappa shape index (κ3) is 4.29. The summed E-state index contributed by atoms with van der Waals surface area (Å²) >= 11 is 0. The van der Waals surface area contributed by atoms with Gasteiger partial charge in [-0.2, -0.15) is 0 Å². The fourth-order valence-electron chi connectivity index (χ4n) is 9.78. The number of rotatable bonds is 4. The first-order valence-corrected chi connectivity index (χ1v) is 19.9. The Morgan fingerprint density at radius 2 is 0.724 bits per heavy atom. The molecule has 4 aromatic heterocycles. The summed E-state index contributed by atoms with van der Waals surface area (Å²) in [6.07, 6.45) is 0. The number of hydrogen-bond acceptors (Lipinski definition) is 1. The van der Waals surface area contributed by atoms with Crippen LogP contribution in [0.4, 0.5) is 0 Å². The smallest absolute Gasteiger partial charge is 0.145 e. The molecule has 270 valence electrons. The van der Waals surface area contributed by atoms with Gasteiger partial charge in [0, 0.05) is 54.8 Å². The Balaban J connectivity index is 1.11. The Labute approximate surface area is 332 Å². The third-order valence-corrected chi connectivity index (χ3v) is 12.2. The zero-order chi connectivity index (χ0) is 37.9. The lowest BCUT2D eigenvalue weighted by Crippen LogP contribution is -1.94. The molecule has 0 atom stereocenters. The molecule has 58 heavy (non-hydrogen) atoms. The van der Waals surface area contributed by atoms with Gasteiger partial charge in [-0.05, 0) is 102 Å². The highest BCUT2D eigenvalue weighted by molar-refractivity contribution is 6.29. The quantitative estimate of drug-likeness (QED) is 0.177. The number of aromatic nitrogens is 3. The van der Waals surface area contributed by atoms with Gasteiger partial charge in [0.1, 0.15) is 11.2 Å². The maximum atomic E-state index is 6.70. The molecule has 0 bridgehead atoms. The Morgan fingerprint density at radius 3 is 1.40 bits per heavy atom. The highest BCUT2D eigenvalue weighted by atomic mass is 16.3. The van der Waals surface area contributed by atoms with Gasteiger partial charge < -0.3 is 18.1 Å². The molecule has 0 aliphatic rings. The van der Waals surface area contributed by atoms with E-state index in [-0.39, 0.29) is 0 Å². The molecular weight excluding hydrogens is 707 g/mol. The maximum absolute atomic E-state index is 6.70. The van der Waals surface area contributed by atoms with Crippen molar-refractivity contribution in [2.75, 3.05) is 0 Å². The predicted molar refractivity (Wildman–Crippen MR) is 242 cm³/mol. The zero-order valence-electron chi connectivity index (χ0n) is 31.3. The molecule has 0 aliphatic carbocycles. The SMILES string of the molecule is c1ccc(-n2c3ccc(-c4ccc5c6c7c8ccccc8n(-c8ccccc8)c7ccc6n(-c6ccccc6)c5c4)cc3c3c4oc5ccccc5c4ccc32)cc1. The molecule has 0 fully saturated rings. The summed E-state index contributed by atoms with van der Waals surface area (Å²) in [5, 5.41) is 9.59. The second kappa shape index (κ2) is 11.8. The fraction of sp³-hybridized carbons (Fsp3) is 0. The molecule has 0 spiro atoms. The summed E-state index contributed by atoms with van der Waals surface area (Å²) in [4.78, 5) is 0. The molecule has 0 amide bonds. The van der Waals surface area contributed by atoms with Crippen molar-refractivity contribution >= 4 is 87.4 Å². The van der Waals surface area contributed by atoms with Crippen molar-refractivity contribution in [1.29, 1.82) is 0 Å². The molecular formula is C54H33N3O. The number of hydrogen-bond donors (Lipinski definition) is 0. The van der Waals surface area contributed by atoms with Crippen LogP contribution in [-0.4, -0.2) is 13.7 Å². The van der Waals surface area contributed by atoms with E-state index in [9.17, 15) is 0 Å². The Bertz CT molecular complexity index is 3770. The molecule has 13 rings (SSSR count). The third-order valence-electron chi connectivity index (χ3n) is 12.2. The normalized spacial score (nSPS) is 12.1. The van der Waals surface area contributed by atoms with Gasteiger partial charge in [0.05, 0.1) is 38.5 Å². The van der Waals surface area contributed by atoms with Gasteiger partial charge in [0.25, 0.3) is 0 Å². The van der Waals surface area contributed by atoms with Crippen molar-refractivity contribution < 1.29 is 4.42 Å². The van der Waals surface area contributed by atoms with Gasteiger partial charge in [-0.3, -0.25) is 0 Å². The van der Waals surface area contributed by atoms with Crippen molar-refractivity contribution in [3.05, 3.63) is 200 Å². The maximum Gasteiger partial charge on any atom is 0.145 e. The van der Waals surface area contributed by atoms with Crippen molar-refractivity contribution in [2.24, 2.45) is 0 Å². The number of benzene rings is 9. The average molecular weight is 740 g/mol. The predicted octanol–water partition coefficient (Wildman–Crippen LogP) is 14.5. The molecule has 4 nitrogen and oxygen atoms in total. The van der Waals surface area contributed by atoms with Gasteiger partial charge in [-0.15, -0.1) is 0 Å². The van der Waals surface area contributed by atoms with Crippen molar-refractivity contribution in [3.8, 4) is 28.2 Å². The van der Waals surface area contributed by atoms with E-state index in [2.05, 4.69) is 208 Å². The monoisotopic (exact) mass is 739 g/mol. The van der Waals surface area contributed by atoms with E-state index >= 15 is 0 Å². The van der Waals surface area contributed by atoms with Gasteiger partial charge in [-0.25, -0.2) is 0 Å². The van der Waals surface area contributed by atoms with Crippen LogP contribution in [0, 0.1) is 0 Å². The average Bonchev–Trinajstić information content (AvgIpc) is 4.03. The zero-order valence-corrected chi connectivity index (χ0v) is 31.3. The second-order valence-corrected chi connectivity index (χ2v) is 15.3. The van der Waals surface area contributed by atoms with Crippen LogP contribution in [0.25, 0.3) is 116 Å². The van der Waals surface area contributed by atoms with Crippen LogP contribution in [0.3, 0.4) is 0 Å². The molecule has 0 saturated carbocycles. The molecule has 4 heterocycles. The van der Waals surface area contributed by atoms with Gasteiger partial charge in [0.15, 0.2) is 0 Å². The minimum absolute atomic E-state index is 0.905. The van der Waals surface area contributed by atoms with E-state index in [0.29, 0.717) is 0 Å². The standard InChI is InChI=1S/C54H33N3O/c1-4-14-36(15-5-1)55-44-22-12-10-21-41(44)51-46(55)30-31-47-52(51)42-26-24-35(33-49(42)57(47)38-18-8-3-9-19-38)34-25-28-45-43(32-34)53-48(56(45)37-16-6-2-7-17-37)29-27-40-39-20-11-13-23-50(39)58-54(40)53/h1-33H. The van der Waals surface area contributed by atoms with Gasteiger partial charge in [-0.1, -0.05) is 109 Å². The highest BCUT2D eigenvalue weighted by Gasteiger charge is 2.22. The van der Waals surface area contributed by atoms with Crippen molar-refractivity contribution in [2.45, 2.75) is 0 Å². The van der Waals surface area contributed by atoms with E-state index in [4.69, 9.17) is 4.42 Å². The van der Waals surface area contributed by atoms with E-state index in [1.807, 2.05) is 6.07 Å². The topological polar surface area (TPSA) is 27.9 Å². The van der Waals surface area contributed by atoms with Crippen LogP contribution in [-0.2, 0) is 0 Å². The summed E-state index contributed by atoms with van der Waals surface area (Å²) < 4.78 is 13.9. The summed E-state index contributed by atoms with van der Waals surface area (Å²) in [6, 6.07) is 72.4. The van der Waals surface area contributed by atoms with Crippen LogP contribution in [0.1, 0.15) is 0 Å². The molecule has 0 unspecified atom stereocenters. The number of nitrogens with zero attached hydrogens (tertiary/aromatic N) is 3. The number of para-hydroxylation sites is 5. The lowest BCUT2D eigenvalue weighted by molar-refractivity contribution is 0.673. The van der Waals surface area contributed by atoms with Crippen LogP contribution in [0.5, 0.6) is 0 Å². The first-order valence-electron chi connectivity index (χ1n) is 19.9. The summed E-state index contributed by atoms with van der Waals surface area (Å²) in [5.41, 5.74) is 14.6. The largest absolute Gasteiger partial charge is 0.455 e. The summed E-state index contributed by atoms with van der Waals surface area (Å²) in [7, 11) is 0. The molecule has 0 N–H and O–H groups in total. The van der Waals surface area contributed by atoms with E-state index in [0.717, 1.165) is 66.5 Å². The second-order valence-electron chi connectivity index (χ2n) is 15.3. The number of furan rings is 1. The van der Waals surface area contributed by atoms with Crippen LogP contribution < -0.4 is 0 Å². The Kier molecular flexibility index (Phi) is 6.41. The van der Waals surface area contributed by atoms with Crippen LogP contribution in [0.15, 0.2) is 205 Å². The van der Waals surface area contributed by atoms with Crippen molar-refractivity contribution in [1.82, 2.24) is 13.7 Å². The van der Waals surface area contributed by atoms with Crippen LogP contribution >= 0.6 is 0 Å². The molecule has 0 radical (unpaired) electrons. The summed E-state index contributed by atoms with van der Waals surface area (Å²) in [5.74, 6) is 0. The van der Waals surface area contributed by atoms with E-state index in [1.165, 1.54) is 49.0 Å². The molecule has 9 aromatic carbocycles. The highest BCUT2D eigenvalue weighted by Crippen LogP contribution is 2.45. The minimum atomic E-state index is 0.905. The first kappa shape index (κ1) is 31.4. The lowest BCUT2D eigenvalue weighted by atomic mass is 9.99. The fourth-order valence-corrected chi connectivity index (χ4v) is 9.78. The Morgan fingerprint density at radius 1 is 0.276 bits per heavy atom. The first-order chi connectivity index (χ1) is 28.8. The lowest BCUT2D eigenvalue weighted by Gasteiger charge is -2.10. The van der Waals surface area contributed by atoms with E-state index < -0.39 is 0 Å². The molecule has 0 aliphatic heterocycles. The van der Waals surface area contributed by atoms with Gasteiger partial charge >= 0.3 is 0 Å². The van der Waals surface area contributed by atoms with Gasteiger partial charge in [0.2, 0.25) is 0 Å². The minimum Gasteiger partial charge on any atom is -0.455 e. The van der Waals surface area contributed by atoms with Crippen LogP contribution in [0.2, 0.25) is 0 Å². The Hall–Kier alpha value is -7.82. The number of fused-ring (bicyclic) bond motifs is 14. The summed E-state index contributed by atoms with van der Waals surface area (Å²) in [6.45, 7) is 0. The van der Waals surface area contributed by atoms with Crippen molar-refractivity contribution in [3.63, 3.8) is 0 Å². The molecule has 13 aromatic rings. The van der Waals surface area contributed by atoms with E-state index in [1.54, 1.807) is 0 Å². The molecule has 4 heteroatoms. The molecule has 0 saturated heterocycles.